The van der Waals surface area contributed by atoms with E-state index >= 15 is 0 Å². The lowest BCUT2D eigenvalue weighted by molar-refractivity contribution is 0.669. The van der Waals surface area contributed by atoms with Crippen LogP contribution in [0.25, 0.3) is 0 Å². The van der Waals surface area contributed by atoms with E-state index in [0.29, 0.717) is 11.3 Å². The van der Waals surface area contributed by atoms with Gasteiger partial charge in [-0.25, -0.2) is 0 Å². The van der Waals surface area contributed by atoms with Crippen LogP contribution in [0.15, 0.2) is 39.9 Å². The lowest BCUT2D eigenvalue weighted by Crippen LogP contribution is -2.19. The van der Waals surface area contributed by atoms with Gasteiger partial charge in [0.25, 0.3) is 0 Å². The van der Waals surface area contributed by atoms with Gasteiger partial charge in [-0.15, -0.1) is 23.1 Å². The Bertz CT molecular complexity index is 552. The summed E-state index contributed by atoms with van der Waals surface area (Å²) < 4.78 is 2.77. The van der Waals surface area contributed by atoms with Crippen LogP contribution in [0, 0.1) is 3.57 Å². The second-order valence-electron chi connectivity index (χ2n) is 4.50. The number of rotatable bonds is 2. The molecule has 94 valence electrons. The molecule has 0 saturated heterocycles. The molecule has 1 N–H and O–H groups in total. The van der Waals surface area contributed by atoms with Crippen molar-refractivity contribution in [3.63, 3.8) is 0 Å². The van der Waals surface area contributed by atoms with Crippen LogP contribution in [0.4, 0.5) is 5.69 Å². The molecule has 1 aromatic heterocycles. The maximum atomic E-state index is 3.71. The zero-order chi connectivity index (χ0) is 12.5. The average Bonchev–Trinajstić information content (AvgIpc) is 2.80. The Morgan fingerprint density at radius 1 is 1.28 bits per heavy atom. The highest BCUT2D eigenvalue weighted by Crippen LogP contribution is 2.45. The fourth-order valence-corrected chi connectivity index (χ4v) is 5.36. The number of thiophene rings is 1. The van der Waals surface area contributed by atoms with Crippen molar-refractivity contribution in [1.82, 2.24) is 0 Å². The number of benzene rings is 1. The van der Waals surface area contributed by atoms with Gasteiger partial charge in [0.05, 0.1) is 10.3 Å². The Balaban J connectivity index is 1.88. The molecule has 2 aromatic rings. The number of thioether (sulfide) groups is 1. The van der Waals surface area contributed by atoms with E-state index in [1.165, 1.54) is 25.5 Å². The molecule has 2 atom stereocenters. The first-order valence-corrected chi connectivity index (χ1v) is 8.83. The normalized spacial score (nSPS) is 22.6. The summed E-state index contributed by atoms with van der Waals surface area (Å²) in [5.41, 5.74) is 2.72. The number of fused-ring (bicyclic) bond motifs is 1. The molecule has 1 unspecified atom stereocenters. The van der Waals surface area contributed by atoms with Crippen LogP contribution < -0.4 is 5.32 Å². The van der Waals surface area contributed by atoms with Gasteiger partial charge >= 0.3 is 0 Å². The van der Waals surface area contributed by atoms with Crippen molar-refractivity contribution >= 4 is 51.4 Å². The minimum atomic E-state index is 0.457. The third-order valence-corrected chi connectivity index (χ3v) is 6.40. The van der Waals surface area contributed by atoms with E-state index in [0.717, 1.165) is 0 Å². The molecular formula is C14H14INS2. The predicted molar refractivity (Wildman–Crippen MR) is 89.8 cm³/mol. The van der Waals surface area contributed by atoms with E-state index in [9.17, 15) is 0 Å². The molecule has 0 saturated carbocycles. The van der Waals surface area contributed by atoms with E-state index in [2.05, 4.69) is 70.5 Å². The van der Waals surface area contributed by atoms with Crippen molar-refractivity contribution in [2.24, 2.45) is 0 Å². The zero-order valence-electron chi connectivity index (χ0n) is 10.0. The number of hydrogen-bond acceptors (Lipinski definition) is 3. The van der Waals surface area contributed by atoms with Crippen LogP contribution in [0.1, 0.15) is 24.9 Å². The van der Waals surface area contributed by atoms with Crippen LogP contribution in [-0.4, -0.2) is 5.25 Å². The van der Waals surface area contributed by atoms with Gasteiger partial charge in [0, 0.05) is 14.5 Å². The molecule has 1 aromatic carbocycles. The first-order chi connectivity index (χ1) is 8.74. The maximum Gasteiger partial charge on any atom is 0.0653 e. The van der Waals surface area contributed by atoms with Crippen LogP contribution in [0.2, 0.25) is 0 Å². The number of anilines is 1. The molecule has 0 fully saturated rings. The Hall–Kier alpha value is -0.200. The van der Waals surface area contributed by atoms with Crippen molar-refractivity contribution in [3.05, 3.63) is 44.8 Å². The van der Waals surface area contributed by atoms with Crippen LogP contribution in [-0.2, 0) is 0 Å². The summed E-state index contributed by atoms with van der Waals surface area (Å²) in [4.78, 5) is 0. The van der Waals surface area contributed by atoms with Crippen molar-refractivity contribution < 1.29 is 0 Å². The Labute approximate surface area is 130 Å². The SMILES string of the molecule is C[C@H]1CC(Nc2ccccc2I)c2ccsc2S1. The maximum absolute atomic E-state index is 3.71. The standard InChI is InChI=1S/C14H14INS2/c1-9-8-13(10-6-7-17-14(10)18-9)16-12-5-3-2-4-11(12)15/h2-7,9,13,16H,8H2,1H3/t9-,13?/m0/s1. The second kappa shape index (κ2) is 5.43. The fraction of sp³-hybridized carbons (Fsp3) is 0.286. The largest absolute Gasteiger partial charge is 0.377 e. The molecule has 18 heavy (non-hydrogen) atoms. The summed E-state index contributed by atoms with van der Waals surface area (Å²) in [6.07, 6.45) is 1.19. The Morgan fingerprint density at radius 3 is 2.94 bits per heavy atom. The topological polar surface area (TPSA) is 12.0 Å². The monoisotopic (exact) mass is 387 g/mol. The third kappa shape index (κ3) is 2.56. The van der Waals surface area contributed by atoms with Gasteiger partial charge in [-0.2, -0.15) is 0 Å². The summed E-state index contributed by atoms with van der Waals surface area (Å²) in [6, 6.07) is 11.2. The van der Waals surface area contributed by atoms with Gasteiger partial charge < -0.3 is 5.32 Å². The Morgan fingerprint density at radius 2 is 2.11 bits per heavy atom. The summed E-state index contributed by atoms with van der Waals surface area (Å²) in [6.45, 7) is 2.32. The van der Waals surface area contributed by atoms with Gasteiger partial charge in [0.15, 0.2) is 0 Å². The van der Waals surface area contributed by atoms with E-state index in [4.69, 9.17) is 0 Å². The third-order valence-electron chi connectivity index (χ3n) is 3.11. The van der Waals surface area contributed by atoms with E-state index in [1.807, 2.05) is 23.1 Å². The van der Waals surface area contributed by atoms with Crippen molar-refractivity contribution in [2.45, 2.75) is 28.8 Å². The number of hydrogen-bond donors (Lipinski definition) is 1. The molecule has 1 aliphatic heterocycles. The quantitative estimate of drug-likeness (QED) is 0.694. The minimum Gasteiger partial charge on any atom is -0.377 e. The molecule has 0 spiro atoms. The van der Waals surface area contributed by atoms with E-state index < -0.39 is 0 Å². The number of halogens is 1. The van der Waals surface area contributed by atoms with Crippen molar-refractivity contribution in [1.29, 1.82) is 0 Å². The molecular weight excluding hydrogens is 373 g/mol. The van der Waals surface area contributed by atoms with E-state index in [1.54, 1.807) is 0 Å². The highest BCUT2D eigenvalue weighted by atomic mass is 127. The number of nitrogens with one attached hydrogen (secondary N) is 1. The van der Waals surface area contributed by atoms with Crippen LogP contribution >= 0.6 is 45.7 Å². The lowest BCUT2D eigenvalue weighted by atomic mass is 10.0. The molecule has 4 heteroatoms. The van der Waals surface area contributed by atoms with Crippen molar-refractivity contribution in [2.75, 3.05) is 5.32 Å². The van der Waals surface area contributed by atoms with Gasteiger partial charge in [0.1, 0.15) is 0 Å². The first-order valence-electron chi connectivity index (χ1n) is 5.99. The summed E-state index contributed by atoms with van der Waals surface area (Å²) >= 11 is 6.28. The van der Waals surface area contributed by atoms with Gasteiger partial charge in [-0.05, 0) is 58.2 Å². The summed E-state index contributed by atoms with van der Waals surface area (Å²) in [5.74, 6) is 0. The van der Waals surface area contributed by atoms with E-state index in [-0.39, 0.29) is 0 Å². The number of para-hydroxylation sites is 1. The molecule has 0 amide bonds. The first kappa shape index (κ1) is 12.8. The summed E-state index contributed by atoms with van der Waals surface area (Å²) in [7, 11) is 0. The van der Waals surface area contributed by atoms with Gasteiger partial charge in [-0.3, -0.25) is 0 Å². The van der Waals surface area contributed by atoms with Gasteiger partial charge in [0.2, 0.25) is 0 Å². The molecule has 0 bridgehead atoms. The Kier molecular flexibility index (Phi) is 3.86. The molecule has 3 rings (SSSR count). The molecule has 0 radical (unpaired) electrons. The zero-order valence-corrected chi connectivity index (χ0v) is 13.8. The fourth-order valence-electron chi connectivity index (χ4n) is 2.25. The van der Waals surface area contributed by atoms with Crippen LogP contribution in [0.5, 0.6) is 0 Å². The highest BCUT2D eigenvalue weighted by Gasteiger charge is 2.26. The highest BCUT2D eigenvalue weighted by molar-refractivity contribution is 14.1. The molecule has 1 aliphatic rings. The second-order valence-corrected chi connectivity index (χ2v) is 8.29. The van der Waals surface area contributed by atoms with Crippen molar-refractivity contribution in [3.8, 4) is 0 Å². The lowest BCUT2D eigenvalue weighted by Gasteiger charge is -2.28. The smallest absolute Gasteiger partial charge is 0.0653 e. The molecule has 1 nitrogen and oxygen atoms in total. The summed E-state index contributed by atoms with van der Waals surface area (Å²) in [5, 5.41) is 6.61. The predicted octanol–water partition coefficient (Wildman–Crippen LogP) is 5.39. The molecule has 2 heterocycles. The van der Waals surface area contributed by atoms with Crippen LogP contribution in [0.3, 0.4) is 0 Å². The minimum absolute atomic E-state index is 0.457. The van der Waals surface area contributed by atoms with Gasteiger partial charge in [-0.1, -0.05) is 19.1 Å². The molecule has 0 aliphatic carbocycles. The average molecular weight is 387 g/mol.